The summed E-state index contributed by atoms with van der Waals surface area (Å²) in [6.45, 7) is 0. The van der Waals surface area contributed by atoms with Crippen LogP contribution in [0.15, 0.2) is 83.8 Å². The lowest BCUT2D eigenvalue weighted by molar-refractivity contribution is 0.267. The third kappa shape index (κ3) is 2.94. The number of ether oxygens (including phenoxy) is 1. The second-order valence-electron chi connectivity index (χ2n) is 7.30. The van der Waals surface area contributed by atoms with Gasteiger partial charge in [0.2, 0.25) is 0 Å². The topological polar surface area (TPSA) is 43.4 Å². The maximum atomic E-state index is 12.6. The highest BCUT2D eigenvalue weighted by molar-refractivity contribution is 7.91. The molecule has 0 aromatic heterocycles. The van der Waals surface area contributed by atoms with Gasteiger partial charge in [-0.3, -0.25) is 0 Å². The van der Waals surface area contributed by atoms with Gasteiger partial charge in [0.15, 0.2) is 9.84 Å². The number of sulfone groups is 1. The van der Waals surface area contributed by atoms with E-state index in [1.165, 1.54) is 11.1 Å². The first kappa shape index (κ1) is 17.3. The van der Waals surface area contributed by atoms with Gasteiger partial charge in [-0.1, -0.05) is 60.7 Å². The van der Waals surface area contributed by atoms with Gasteiger partial charge >= 0.3 is 0 Å². The lowest BCUT2D eigenvalue weighted by Crippen LogP contribution is -2.20. The minimum Gasteiger partial charge on any atom is -0.485 e. The maximum absolute atomic E-state index is 12.6. The van der Waals surface area contributed by atoms with Gasteiger partial charge in [0.05, 0.1) is 16.6 Å². The number of hydrogen-bond acceptors (Lipinski definition) is 3. The first-order valence-electron chi connectivity index (χ1n) is 9.46. The van der Waals surface area contributed by atoms with Crippen molar-refractivity contribution in [2.75, 3.05) is 5.75 Å². The first-order chi connectivity index (χ1) is 13.6. The number of aryl methyl sites for hydroxylation is 1. The fourth-order valence-corrected chi connectivity index (χ4v) is 5.44. The van der Waals surface area contributed by atoms with Crippen molar-refractivity contribution in [3.8, 4) is 5.75 Å². The zero-order valence-electron chi connectivity index (χ0n) is 15.3. The Morgan fingerprint density at radius 2 is 1.64 bits per heavy atom. The monoisotopic (exact) mass is 388 g/mol. The predicted octanol–water partition coefficient (Wildman–Crippen LogP) is 4.62. The average Bonchev–Trinajstić information content (AvgIpc) is 3.11. The molecule has 3 aromatic rings. The summed E-state index contributed by atoms with van der Waals surface area (Å²) in [6.07, 6.45) is 4.73. The molecule has 0 N–H and O–H groups in total. The lowest BCUT2D eigenvalue weighted by Gasteiger charge is -2.22. The largest absolute Gasteiger partial charge is 0.485 e. The van der Waals surface area contributed by atoms with E-state index in [-0.39, 0.29) is 17.8 Å². The molecule has 2 atom stereocenters. The van der Waals surface area contributed by atoms with Crippen LogP contribution in [0.4, 0.5) is 0 Å². The Morgan fingerprint density at radius 3 is 2.50 bits per heavy atom. The molecule has 1 aliphatic carbocycles. The van der Waals surface area contributed by atoms with Crippen LogP contribution in [0.3, 0.4) is 0 Å². The fourth-order valence-electron chi connectivity index (χ4n) is 4.13. The van der Waals surface area contributed by atoms with Gasteiger partial charge < -0.3 is 4.74 Å². The molecule has 0 bridgehead atoms. The standard InChI is InChI=1S/C24H20O3S/c25-28(26,19-7-2-1-3-8-19)15-14-17-10-12-22-21(16-17)24-20-9-5-4-6-18(20)11-13-23(24)27-22/h1-13,16,23-24H,14-15H2/t23-,24-/m1/s1. The van der Waals surface area contributed by atoms with Gasteiger partial charge in [0.1, 0.15) is 11.9 Å². The smallest absolute Gasteiger partial charge is 0.178 e. The Morgan fingerprint density at radius 1 is 0.857 bits per heavy atom. The van der Waals surface area contributed by atoms with Gasteiger partial charge in [-0.25, -0.2) is 8.42 Å². The molecule has 3 aromatic carbocycles. The van der Waals surface area contributed by atoms with Crippen LogP contribution in [-0.4, -0.2) is 20.3 Å². The van der Waals surface area contributed by atoms with E-state index < -0.39 is 9.84 Å². The molecule has 1 heterocycles. The number of benzene rings is 3. The number of hydrogen-bond donors (Lipinski definition) is 0. The molecule has 0 unspecified atom stereocenters. The predicted molar refractivity (Wildman–Crippen MR) is 110 cm³/mol. The summed E-state index contributed by atoms with van der Waals surface area (Å²) in [4.78, 5) is 0.380. The molecular formula is C24H20O3S. The Kier molecular flexibility index (Phi) is 4.09. The Bertz CT molecular complexity index is 1160. The van der Waals surface area contributed by atoms with Gasteiger partial charge in [-0.15, -0.1) is 0 Å². The van der Waals surface area contributed by atoms with Crippen LogP contribution >= 0.6 is 0 Å². The van der Waals surface area contributed by atoms with Crippen molar-refractivity contribution >= 4 is 15.9 Å². The minimum atomic E-state index is -3.29. The van der Waals surface area contributed by atoms with E-state index in [1.54, 1.807) is 24.3 Å². The molecule has 1 aliphatic heterocycles. The van der Waals surface area contributed by atoms with Crippen LogP contribution in [0.5, 0.6) is 5.75 Å². The quantitative estimate of drug-likeness (QED) is 0.655. The summed E-state index contributed by atoms with van der Waals surface area (Å²) in [5.41, 5.74) is 4.66. The van der Waals surface area contributed by atoms with Gasteiger partial charge in [0.25, 0.3) is 0 Å². The minimum absolute atomic E-state index is 0.00759. The number of rotatable bonds is 4. The molecule has 0 fully saturated rings. The van der Waals surface area contributed by atoms with Crippen LogP contribution in [0.1, 0.15) is 28.2 Å². The second-order valence-corrected chi connectivity index (χ2v) is 9.41. The molecular weight excluding hydrogens is 368 g/mol. The first-order valence-corrected chi connectivity index (χ1v) is 11.1. The molecule has 2 aliphatic rings. The summed E-state index contributed by atoms with van der Waals surface area (Å²) in [7, 11) is -3.29. The summed E-state index contributed by atoms with van der Waals surface area (Å²) in [5.74, 6) is 1.16. The molecule has 3 nitrogen and oxygen atoms in total. The molecule has 0 amide bonds. The fraction of sp³-hybridized carbons (Fsp3) is 0.167. The third-order valence-corrected chi connectivity index (χ3v) is 7.29. The van der Waals surface area contributed by atoms with E-state index >= 15 is 0 Å². The van der Waals surface area contributed by atoms with Crippen molar-refractivity contribution in [1.82, 2.24) is 0 Å². The SMILES string of the molecule is O=S(=O)(CCc1ccc2c(c1)[C@H]1c3ccccc3C=C[C@H]1O2)c1ccccc1. The van der Waals surface area contributed by atoms with Gasteiger partial charge in [-0.05, 0) is 47.4 Å². The van der Waals surface area contributed by atoms with Crippen molar-refractivity contribution in [2.45, 2.75) is 23.3 Å². The van der Waals surface area contributed by atoms with E-state index in [0.717, 1.165) is 16.9 Å². The van der Waals surface area contributed by atoms with Crippen LogP contribution in [-0.2, 0) is 16.3 Å². The Balaban J connectivity index is 1.43. The van der Waals surface area contributed by atoms with E-state index in [1.807, 2.05) is 24.3 Å². The van der Waals surface area contributed by atoms with Crippen molar-refractivity contribution in [3.63, 3.8) is 0 Å². The van der Waals surface area contributed by atoms with E-state index in [0.29, 0.717) is 11.3 Å². The molecule has 0 saturated heterocycles. The summed E-state index contributed by atoms with van der Waals surface area (Å²) < 4.78 is 31.3. The zero-order valence-corrected chi connectivity index (χ0v) is 16.1. The van der Waals surface area contributed by atoms with Crippen LogP contribution < -0.4 is 4.74 Å². The van der Waals surface area contributed by atoms with Gasteiger partial charge in [-0.2, -0.15) is 0 Å². The van der Waals surface area contributed by atoms with Gasteiger partial charge in [0, 0.05) is 5.56 Å². The normalized spacial score (nSPS) is 19.4. The summed E-state index contributed by atoms with van der Waals surface area (Å²) in [6, 6.07) is 23.1. The Labute approximate surface area is 165 Å². The van der Waals surface area contributed by atoms with Crippen LogP contribution in [0, 0.1) is 0 Å². The lowest BCUT2D eigenvalue weighted by atomic mass is 9.81. The molecule has 0 spiro atoms. The van der Waals surface area contributed by atoms with Crippen molar-refractivity contribution in [3.05, 3.63) is 101 Å². The molecule has 28 heavy (non-hydrogen) atoms. The molecule has 4 heteroatoms. The highest BCUT2D eigenvalue weighted by Gasteiger charge is 2.37. The number of fused-ring (bicyclic) bond motifs is 5. The van der Waals surface area contributed by atoms with E-state index in [9.17, 15) is 8.42 Å². The summed E-state index contributed by atoms with van der Waals surface area (Å²) in [5, 5.41) is 0. The zero-order chi connectivity index (χ0) is 19.1. The highest BCUT2D eigenvalue weighted by atomic mass is 32.2. The second kappa shape index (κ2) is 6.64. The molecule has 5 rings (SSSR count). The van der Waals surface area contributed by atoms with Crippen LogP contribution in [0.2, 0.25) is 0 Å². The average molecular weight is 388 g/mol. The molecule has 0 radical (unpaired) electrons. The van der Waals surface area contributed by atoms with Crippen molar-refractivity contribution in [2.24, 2.45) is 0 Å². The van der Waals surface area contributed by atoms with E-state index in [2.05, 4.69) is 36.4 Å². The summed E-state index contributed by atoms with van der Waals surface area (Å²) >= 11 is 0. The maximum Gasteiger partial charge on any atom is 0.178 e. The Hall–Kier alpha value is -2.85. The third-order valence-electron chi connectivity index (χ3n) is 5.56. The van der Waals surface area contributed by atoms with Crippen molar-refractivity contribution < 1.29 is 13.2 Å². The van der Waals surface area contributed by atoms with Crippen LogP contribution in [0.25, 0.3) is 6.08 Å². The molecule has 0 saturated carbocycles. The van der Waals surface area contributed by atoms with E-state index in [4.69, 9.17) is 4.74 Å². The highest BCUT2D eigenvalue weighted by Crippen LogP contribution is 2.46. The van der Waals surface area contributed by atoms with Crippen molar-refractivity contribution in [1.29, 1.82) is 0 Å². The molecule has 140 valence electrons.